The highest BCUT2D eigenvalue weighted by atomic mass is 16.2. The van der Waals surface area contributed by atoms with Gasteiger partial charge in [-0.15, -0.1) is 6.58 Å². The van der Waals surface area contributed by atoms with Crippen molar-refractivity contribution in [3.63, 3.8) is 0 Å². The van der Waals surface area contributed by atoms with Gasteiger partial charge in [0, 0.05) is 6.54 Å². The van der Waals surface area contributed by atoms with Gasteiger partial charge in [0.1, 0.15) is 6.04 Å². The predicted octanol–water partition coefficient (Wildman–Crippen LogP) is -0.0906. The van der Waals surface area contributed by atoms with Gasteiger partial charge < -0.3 is 10.2 Å². The summed E-state index contributed by atoms with van der Waals surface area (Å²) in [5, 5.41) is 2.64. The van der Waals surface area contributed by atoms with Crippen LogP contribution >= 0.6 is 0 Å². The van der Waals surface area contributed by atoms with E-state index >= 15 is 0 Å². The number of amides is 2. The summed E-state index contributed by atoms with van der Waals surface area (Å²) in [5.41, 5.74) is 0. The molecule has 4 nitrogen and oxygen atoms in total. The second-order valence-electron chi connectivity index (χ2n) is 3.04. The number of carbonyl (C=O) groups excluding carboxylic acids is 2. The standard InChI is InChI=1S/C9H14N2O2/c1-3-5-11-6-8(12)10-7(4-2)9(11)13/h3,7H,1,4-6H2,2H3,(H,10,12). The summed E-state index contributed by atoms with van der Waals surface area (Å²) in [6.07, 6.45) is 2.27. The molecule has 0 aliphatic carbocycles. The highest BCUT2D eigenvalue weighted by molar-refractivity contribution is 5.94. The number of carbonyl (C=O) groups is 2. The average molecular weight is 182 g/mol. The molecule has 0 aromatic rings. The topological polar surface area (TPSA) is 49.4 Å². The molecule has 4 heteroatoms. The van der Waals surface area contributed by atoms with Crippen molar-refractivity contribution in [2.45, 2.75) is 19.4 Å². The van der Waals surface area contributed by atoms with E-state index in [4.69, 9.17) is 0 Å². The molecule has 1 aliphatic rings. The summed E-state index contributed by atoms with van der Waals surface area (Å²) in [6, 6.07) is -0.346. The van der Waals surface area contributed by atoms with E-state index in [1.807, 2.05) is 6.92 Å². The van der Waals surface area contributed by atoms with Gasteiger partial charge in [-0.25, -0.2) is 0 Å². The molecule has 13 heavy (non-hydrogen) atoms. The summed E-state index contributed by atoms with van der Waals surface area (Å²) in [7, 11) is 0. The van der Waals surface area contributed by atoms with Crippen molar-refractivity contribution in [1.82, 2.24) is 10.2 Å². The Morgan fingerprint density at radius 3 is 2.92 bits per heavy atom. The van der Waals surface area contributed by atoms with Crippen LogP contribution in [0.1, 0.15) is 13.3 Å². The molecule has 1 aliphatic heterocycles. The molecule has 72 valence electrons. The summed E-state index contributed by atoms with van der Waals surface area (Å²) >= 11 is 0. The zero-order valence-corrected chi connectivity index (χ0v) is 7.75. The Balaban J connectivity index is 2.68. The van der Waals surface area contributed by atoms with E-state index in [0.717, 1.165) is 0 Å². The maximum atomic E-state index is 11.6. The van der Waals surface area contributed by atoms with Crippen LogP contribution < -0.4 is 5.32 Å². The molecule has 0 bridgehead atoms. The van der Waals surface area contributed by atoms with Crippen molar-refractivity contribution in [2.75, 3.05) is 13.1 Å². The van der Waals surface area contributed by atoms with Crippen LogP contribution in [-0.4, -0.2) is 35.8 Å². The third-order valence-corrected chi connectivity index (χ3v) is 2.04. The van der Waals surface area contributed by atoms with Gasteiger partial charge in [-0.05, 0) is 6.42 Å². The van der Waals surface area contributed by atoms with E-state index < -0.39 is 0 Å². The van der Waals surface area contributed by atoms with E-state index in [-0.39, 0.29) is 24.4 Å². The second-order valence-corrected chi connectivity index (χ2v) is 3.04. The maximum absolute atomic E-state index is 11.6. The van der Waals surface area contributed by atoms with Gasteiger partial charge in [-0.2, -0.15) is 0 Å². The smallest absolute Gasteiger partial charge is 0.245 e. The summed E-state index contributed by atoms with van der Waals surface area (Å²) < 4.78 is 0. The number of nitrogens with one attached hydrogen (secondary N) is 1. The highest BCUT2D eigenvalue weighted by Gasteiger charge is 2.30. The first-order chi connectivity index (χ1) is 6.19. The van der Waals surface area contributed by atoms with Crippen LogP contribution in [0.4, 0.5) is 0 Å². The fourth-order valence-electron chi connectivity index (χ4n) is 1.36. The Morgan fingerprint density at radius 1 is 1.69 bits per heavy atom. The van der Waals surface area contributed by atoms with Gasteiger partial charge in [0.25, 0.3) is 0 Å². The zero-order chi connectivity index (χ0) is 9.84. The van der Waals surface area contributed by atoms with Gasteiger partial charge in [0.15, 0.2) is 0 Å². The number of nitrogens with zero attached hydrogens (tertiary/aromatic N) is 1. The Labute approximate surface area is 77.6 Å². The van der Waals surface area contributed by atoms with E-state index in [1.54, 1.807) is 6.08 Å². The molecule has 1 unspecified atom stereocenters. The van der Waals surface area contributed by atoms with Gasteiger partial charge in [0.05, 0.1) is 6.54 Å². The first-order valence-electron chi connectivity index (χ1n) is 4.38. The van der Waals surface area contributed by atoms with Crippen LogP contribution in [0, 0.1) is 0 Å². The first kappa shape index (κ1) is 9.77. The monoisotopic (exact) mass is 182 g/mol. The normalized spacial score (nSPS) is 22.8. The molecule has 0 aromatic heterocycles. The molecule has 0 saturated carbocycles. The van der Waals surface area contributed by atoms with E-state index in [9.17, 15) is 9.59 Å². The molecule has 0 spiro atoms. The third-order valence-electron chi connectivity index (χ3n) is 2.04. The van der Waals surface area contributed by atoms with Crippen molar-refractivity contribution < 1.29 is 9.59 Å². The second kappa shape index (κ2) is 4.07. The average Bonchev–Trinajstić information content (AvgIpc) is 2.11. The molecule has 1 fully saturated rings. The fraction of sp³-hybridized carbons (Fsp3) is 0.556. The maximum Gasteiger partial charge on any atom is 0.245 e. The van der Waals surface area contributed by atoms with Crippen LogP contribution in [0.2, 0.25) is 0 Å². The predicted molar refractivity (Wildman–Crippen MR) is 49.0 cm³/mol. The minimum atomic E-state index is -0.346. The molecule has 1 heterocycles. The van der Waals surface area contributed by atoms with Crippen molar-refractivity contribution >= 4 is 11.8 Å². The molecule has 2 amide bonds. The van der Waals surface area contributed by atoms with Crippen LogP contribution in [0.15, 0.2) is 12.7 Å². The van der Waals surface area contributed by atoms with Gasteiger partial charge in [0.2, 0.25) is 11.8 Å². The molecule has 0 aromatic carbocycles. The lowest BCUT2D eigenvalue weighted by molar-refractivity contribution is -0.143. The third kappa shape index (κ3) is 2.08. The number of hydrogen-bond acceptors (Lipinski definition) is 2. The minimum absolute atomic E-state index is 0.0120. The highest BCUT2D eigenvalue weighted by Crippen LogP contribution is 2.04. The van der Waals surface area contributed by atoms with Crippen molar-refractivity contribution in [3.8, 4) is 0 Å². The van der Waals surface area contributed by atoms with E-state index in [1.165, 1.54) is 4.90 Å². The Hall–Kier alpha value is -1.32. The summed E-state index contributed by atoms with van der Waals surface area (Å²) in [4.78, 5) is 24.2. The summed E-state index contributed by atoms with van der Waals surface area (Å²) in [5.74, 6) is -0.102. The van der Waals surface area contributed by atoms with Crippen LogP contribution in [0.3, 0.4) is 0 Å². The Kier molecular flexibility index (Phi) is 3.06. The molecule has 1 N–H and O–H groups in total. The molecule has 1 saturated heterocycles. The van der Waals surface area contributed by atoms with Gasteiger partial charge >= 0.3 is 0 Å². The van der Waals surface area contributed by atoms with Crippen molar-refractivity contribution in [2.24, 2.45) is 0 Å². The lowest BCUT2D eigenvalue weighted by Crippen LogP contribution is -2.57. The van der Waals surface area contributed by atoms with Gasteiger partial charge in [-0.1, -0.05) is 13.0 Å². The summed E-state index contributed by atoms with van der Waals surface area (Å²) in [6.45, 7) is 6.02. The number of rotatable bonds is 3. The molecular formula is C9H14N2O2. The Morgan fingerprint density at radius 2 is 2.38 bits per heavy atom. The zero-order valence-electron chi connectivity index (χ0n) is 7.75. The molecule has 1 atom stereocenters. The largest absolute Gasteiger partial charge is 0.343 e. The van der Waals surface area contributed by atoms with Gasteiger partial charge in [-0.3, -0.25) is 9.59 Å². The lowest BCUT2D eigenvalue weighted by atomic mass is 10.1. The minimum Gasteiger partial charge on any atom is -0.343 e. The number of piperazine rings is 1. The van der Waals surface area contributed by atoms with Crippen molar-refractivity contribution in [3.05, 3.63) is 12.7 Å². The number of hydrogen-bond donors (Lipinski definition) is 1. The Bertz CT molecular complexity index is 238. The lowest BCUT2D eigenvalue weighted by Gasteiger charge is -2.31. The van der Waals surface area contributed by atoms with E-state index in [2.05, 4.69) is 11.9 Å². The quantitative estimate of drug-likeness (QED) is 0.620. The SMILES string of the molecule is C=CCN1CC(=O)NC(CC)C1=O. The molecule has 1 rings (SSSR count). The van der Waals surface area contributed by atoms with Crippen LogP contribution in [0.5, 0.6) is 0 Å². The first-order valence-corrected chi connectivity index (χ1v) is 4.38. The molecular weight excluding hydrogens is 168 g/mol. The van der Waals surface area contributed by atoms with Crippen molar-refractivity contribution in [1.29, 1.82) is 0 Å². The molecule has 0 radical (unpaired) electrons. The van der Waals surface area contributed by atoms with Crippen LogP contribution in [0.25, 0.3) is 0 Å². The van der Waals surface area contributed by atoms with E-state index in [0.29, 0.717) is 13.0 Å². The van der Waals surface area contributed by atoms with Crippen LogP contribution in [-0.2, 0) is 9.59 Å². The fourth-order valence-corrected chi connectivity index (χ4v) is 1.36.